The van der Waals surface area contributed by atoms with E-state index in [1.807, 2.05) is 54.1 Å². The Kier molecular flexibility index (Phi) is 4.74. The molecule has 2 heterocycles. The van der Waals surface area contributed by atoms with Crippen LogP contribution in [0.25, 0.3) is 11.0 Å². The lowest BCUT2D eigenvalue weighted by Gasteiger charge is -2.07. The molecule has 0 radical (unpaired) electrons. The van der Waals surface area contributed by atoms with Crippen molar-refractivity contribution in [2.45, 2.75) is 6.42 Å². The normalized spacial score (nSPS) is 10.8. The molecule has 0 aliphatic heterocycles. The minimum absolute atomic E-state index is 0.0661. The maximum atomic E-state index is 11.1. The molecule has 2 aromatic heterocycles. The first-order chi connectivity index (χ1) is 14.0. The highest BCUT2D eigenvalue weighted by molar-refractivity contribution is 5.81. The third-order valence-corrected chi connectivity index (χ3v) is 4.40. The Morgan fingerprint density at radius 3 is 2.62 bits per heavy atom. The number of nitrogen functional groups attached to an aromatic ring is 1. The highest BCUT2D eigenvalue weighted by Gasteiger charge is 2.10. The van der Waals surface area contributed by atoms with Crippen LogP contribution in [0.15, 0.2) is 60.8 Å². The third-order valence-electron chi connectivity index (χ3n) is 4.40. The van der Waals surface area contributed by atoms with Crippen molar-refractivity contribution in [3.05, 3.63) is 66.5 Å². The van der Waals surface area contributed by atoms with Gasteiger partial charge in [-0.3, -0.25) is 9.78 Å². The third kappa shape index (κ3) is 4.11. The number of aromatic nitrogens is 3. The van der Waals surface area contributed by atoms with Crippen LogP contribution < -0.4 is 21.5 Å². The zero-order valence-electron chi connectivity index (χ0n) is 15.8. The lowest BCUT2D eigenvalue weighted by molar-refractivity contribution is -0.117. The van der Waals surface area contributed by atoms with Crippen molar-refractivity contribution in [3.63, 3.8) is 0 Å². The monoisotopic (exact) mass is 388 g/mol. The largest absolute Gasteiger partial charge is 0.457 e. The number of rotatable bonds is 6. The summed E-state index contributed by atoms with van der Waals surface area (Å²) in [6.07, 6.45) is 1.65. The van der Waals surface area contributed by atoms with Crippen LogP contribution in [0.2, 0.25) is 0 Å². The molecule has 1 amide bonds. The van der Waals surface area contributed by atoms with E-state index in [-0.39, 0.29) is 6.42 Å². The second-order valence-electron chi connectivity index (χ2n) is 6.62. The van der Waals surface area contributed by atoms with Gasteiger partial charge in [0.25, 0.3) is 0 Å². The standard InChI is InChI=1S/C21H20N6O2/c1-27-19-7-6-16(29-17-8-9-24-15(10-17)11-20(23)28)12-18(19)26-21(27)25-14-4-2-13(22)3-5-14/h2-10,12H,11,22H2,1H3,(H2,23,28)(H,25,26). The summed E-state index contributed by atoms with van der Waals surface area (Å²) < 4.78 is 7.88. The van der Waals surface area contributed by atoms with Crippen LogP contribution >= 0.6 is 0 Å². The van der Waals surface area contributed by atoms with Crippen molar-refractivity contribution in [2.24, 2.45) is 12.8 Å². The van der Waals surface area contributed by atoms with E-state index in [2.05, 4.69) is 15.3 Å². The number of hydrogen-bond acceptors (Lipinski definition) is 6. The fourth-order valence-corrected chi connectivity index (χ4v) is 2.98. The molecule has 0 aliphatic carbocycles. The van der Waals surface area contributed by atoms with E-state index in [1.165, 1.54) is 0 Å². The summed E-state index contributed by atoms with van der Waals surface area (Å²) in [4.78, 5) is 19.9. The van der Waals surface area contributed by atoms with Crippen molar-refractivity contribution in [1.82, 2.24) is 14.5 Å². The topological polar surface area (TPSA) is 121 Å². The number of imidazole rings is 1. The summed E-state index contributed by atoms with van der Waals surface area (Å²) >= 11 is 0. The van der Waals surface area contributed by atoms with E-state index >= 15 is 0 Å². The van der Waals surface area contributed by atoms with Crippen LogP contribution in [0.4, 0.5) is 17.3 Å². The van der Waals surface area contributed by atoms with E-state index in [0.717, 1.165) is 16.7 Å². The molecule has 4 aromatic rings. The number of pyridine rings is 1. The Morgan fingerprint density at radius 1 is 1.10 bits per heavy atom. The smallest absolute Gasteiger partial charge is 0.223 e. The van der Waals surface area contributed by atoms with Gasteiger partial charge in [-0.2, -0.15) is 0 Å². The van der Waals surface area contributed by atoms with Gasteiger partial charge < -0.3 is 26.1 Å². The predicted octanol–water partition coefficient (Wildman–Crippen LogP) is 3.11. The SMILES string of the molecule is Cn1c(Nc2ccc(N)cc2)nc2cc(Oc3ccnc(CC(N)=O)c3)ccc21. The van der Waals surface area contributed by atoms with Gasteiger partial charge in [-0.1, -0.05) is 0 Å². The van der Waals surface area contributed by atoms with Crippen molar-refractivity contribution < 1.29 is 9.53 Å². The Bertz CT molecular complexity index is 1180. The molecule has 0 fully saturated rings. The molecule has 8 heteroatoms. The average Bonchev–Trinajstić information content (AvgIpc) is 2.98. The van der Waals surface area contributed by atoms with Gasteiger partial charge in [0.2, 0.25) is 11.9 Å². The van der Waals surface area contributed by atoms with Gasteiger partial charge in [0, 0.05) is 36.8 Å². The number of anilines is 3. The number of nitrogens with two attached hydrogens (primary N) is 2. The lowest BCUT2D eigenvalue weighted by atomic mass is 10.2. The van der Waals surface area contributed by atoms with Gasteiger partial charge in [0.1, 0.15) is 11.5 Å². The zero-order chi connectivity index (χ0) is 20.4. The Hall–Kier alpha value is -4.07. The maximum Gasteiger partial charge on any atom is 0.223 e. The Morgan fingerprint density at radius 2 is 1.86 bits per heavy atom. The molecule has 0 bridgehead atoms. The molecule has 0 atom stereocenters. The van der Waals surface area contributed by atoms with Gasteiger partial charge in [0.05, 0.1) is 23.1 Å². The molecular formula is C21H20N6O2. The number of nitrogens with zero attached hydrogens (tertiary/aromatic N) is 3. The number of aryl methyl sites for hydroxylation is 1. The minimum Gasteiger partial charge on any atom is -0.457 e. The van der Waals surface area contributed by atoms with Gasteiger partial charge >= 0.3 is 0 Å². The van der Waals surface area contributed by atoms with E-state index in [0.29, 0.717) is 28.8 Å². The molecule has 0 spiro atoms. The summed E-state index contributed by atoms with van der Waals surface area (Å²) in [5, 5.41) is 3.29. The number of carbonyl (C=O) groups is 1. The van der Waals surface area contributed by atoms with Crippen LogP contribution in [0.3, 0.4) is 0 Å². The van der Waals surface area contributed by atoms with Crippen molar-refractivity contribution in [3.8, 4) is 11.5 Å². The molecule has 0 aliphatic rings. The van der Waals surface area contributed by atoms with E-state index < -0.39 is 5.91 Å². The summed E-state index contributed by atoms with van der Waals surface area (Å²) in [6, 6.07) is 16.5. The second-order valence-corrected chi connectivity index (χ2v) is 6.62. The molecule has 8 nitrogen and oxygen atoms in total. The molecule has 0 unspecified atom stereocenters. The van der Waals surface area contributed by atoms with Crippen LogP contribution in [0.1, 0.15) is 5.69 Å². The Labute approximate surface area is 167 Å². The van der Waals surface area contributed by atoms with E-state index in [4.69, 9.17) is 16.2 Å². The number of hydrogen-bond donors (Lipinski definition) is 3. The molecule has 2 aromatic carbocycles. The van der Waals surface area contributed by atoms with Crippen LogP contribution in [0, 0.1) is 0 Å². The molecule has 0 saturated carbocycles. The zero-order valence-corrected chi connectivity index (χ0v) is 15.8. The summed E-state index contributed by atoms with van der Waals surface area (Å²) in [6.45, 7) is 0. The predicted molar refractivity (Wildman–Crippen MR) is 112 cm³/mol. The minimum atomic E-state index is -0.439. The second kappa shape index (κ2) is 7.51. The first-order valence-corrected chi connectivity index (χ1v) is 8.98. The Balaban J connectivity index is 1.58. The molecule has 5 N–H and O–H groups in total. The average molecular weight is 388 g/mol. The van der Waals surface area contributed by atoms with Gasteiger partial charge in [-0.15, -0.1) is 0 Å². The number of ether oxygens (including phenoxy) is 1. The molecule has 29 heavy (non-hydrogen) atoms. The summed E-state index contributed by atoms with van der Waals surface area (Å²) in [5.74, 6) is 1.47. The fourth-order valence-electron chi connectivity index (χ4n) is 2.98. The van der Waals surface area contributed by atoms with E-state index in [9.17, 15) is 4.79 Å². The number of carbonyl (C=O) groups excluding carboxylic acids is 1. The summed E-state index contributed by atoms with van der Waals surface area (Å²) in [7, 11) is 1.94. The number of amides is 1. The quantitative estimate of drug-likeness (QED) is 0.436. The number of nitrogens with one attached hydrogen (secondary N) is 1. The number of benzene rings is 2. The maximum absolute atomic E-state index is 11.1. The highest BCUT2D eigenvalue weighted by atomic mass is 16.5. The van der Waals surface area contributed by atoms with Crippen molar-refractivity contribution >= 4 is 34.3 Å². The number of fused-ring (bicyclic) bond motifs is 1. The van der Waals surface area contributed by atoms with Crippen molar-refractivity contribution in [1.29, 1.82) is 0 Å². The molecule has 146 valence electrons. The van der Waals surface area contributed by atoms with Crippen LogP contribution in [0.5, 0.6) is 11.5 Å². The fraction of sp³-hybridized carbons (Fsp3) is 0.0952. The molecule has 0 saturated heterocycles. The molecule has 4 rings (SSSR count). The van der Waals surface area contributed by atoms with Gasteiger partial charge in [-0.05, 0) is 42.5 Å². The van der Waals surface area contributed by atoms with Gasteiger partial charge in [0.15, 0.2) is 0 Å². The van der Waals surface area contributed by atoms with Gasteiger partial charge in [-0.25, -0.2) is 4.98 Å². The van der Waals surface area contributed by atoms with Crippen molar-refractivity contribution in [2.75, 3.05) is 11.1 Å². The first kappa shape index (κ1) is 18.3. The molecular weight excluding hydrogens is 368 g/mol. The highest BCUT2D eigenvalue weighted by Crippen LogP contribution is 2.28. The lowest BCUT2D eigenvalue weighted by Crippen LogP contribution is -2.14. The number of primary amides is 1. The van der Waals surface area contributed by atoms with Crippen LogP contribution in [-0.4, -0.2) is 20.4 Å². The summed E-state index contributed by atoms with van der Waals surface area (Å²) in [5.41, 5.74) is 14.9. The van der Waals surface area contributed by atoms with Crippen LogP contribution in [-0.2, 0) is 18.3 Å². The first-order valence-electron chi connectivity index (χ1n) is 8.98. The van der Waals surface area contributed by atoms with E-state index in [1.54, 1.807) is 18.3 Å².